The SMILES string of the molecule is CC/C=C\C/C=C\C/C=C\C/C=C\CCCCCCCCCCCCCCC(=O)OC(COC(=O)CCCCCCCCCCCCCCCCC)COC(OCC[N+](C)(C)C)C(=O)O. The van der Waals surface area contributed by atoms with E-state index in [9.17, 15) is 19.5 Å². The molecule has 0 aliphatic carbocycles. The summed E-state index contributed by atoms with van der Waals surface area (Å²) in [7, 11) is 5.97. The molecular weight excluding hydrogens is 815 g/mol. The van der Waals surface area contributed by atoms with Crippen LogP contribution in [-0.4, -0.2) is 87.4 Å². The predicted octanol–water partition coefficient (Wildman–Crippen LogP) is 15.1. The average Bonchev–Trinajstić information content (AvgIpc) is 3.27. The van der Waals surface area contributed by atoms with Gasteiger partial charge in [-0.15, -0.1) is 0 Å². The summed E-state index contributed by atoms with van der Waals surface area (Å²) >= 11 is 0. The third-order valence-electron chi connectivity index (χ3n) is 11.6. The van der Waals surface area contributed by atoms with Crippen molar-refractivity contribution in [2.45, 2.75) is 245 Å². The number of carboxylic acids is 1. The number of hydrogen-bond donors (Lipinski definition) is 1. The van der Waals surface area contributed by atoms with Crippen molar-refractivity contribution in [1.29, 1.82) is 0 Å². The number of allylic oxidation sites excluding steroid dienone is 8. The van der Waals surface area contributed by atoms with Gasteiger partial charge in [-0.05, 0) is 51.4 Å². The van der Waals surface area contributed by atoms with Gasteiger partial charge in [0.2, 0.25) is 0 Å². The van der Waals surface area contributed by atoms with Gasteiger partial charge in [-0.2, -0.15) is 0 Å². The van der Waals surface area contributed by atoms with Crippen LogP contribution < -0.4 is 0 Å². The highest BCUT2D eigenvalue weighted by Crippen LogP contribution is 2.16. The monoisotopic (exact) mass is 917 g/mol. The van der Waals surface area contributed by atoms with Gasteiger partial charge in [-0.3, -0.25) is 9.59 Å². The molecule has 2 unspecified atom stereocenters. The minimum absolute atomic E-state index is 0.180. The number of unbranched alkanes of at least 4 members (excludes halogenated alkanes) is 26. The molecule has 0 amide bonds. The Balaban J connectivity index is 4.26. The van der Waals surface area contributed by atoms with Crippen LogP contribution in [0.5, 0.6) is 0 Å². The predicted molar refractivity (Wildman–Crippen MR) is 272 cm³/mol. The minimum Gasteiger partial charge on any atom is -0.477 e. The summed E-state index contributed by atoms with van der Waals surface area (Å²) in [6, 6.07) is 0. The molecule has 0 saturated carbocycles. The Labute approximate surface area is 400 Å². The third kappa shape index (κ3) is 49.0. The molecule has 378 valence electrons. The van der Waals surface area contributed by atoms with Gasteiger partial charge in [0.25, 0.3) is 6.29 Å². The van der Waals surface area contributed by atoms with Crippen molar-refractivity contribution in [2.75, 3.05) is 47.5 Å². The number of carbonyl (C=O) groups is 3. The standard InChI is InChI=1S/C56H101NO8/c1-6-8-10-12-14-16-18-20-22-23-24-25-26-27-28-29-30-31-33-35-37-39-41-43-45-47-54(59)65-52(51-64-56(55(60)61)62-49-48-57(3,4)5)50-63-53(58)46-44-42-40-38-36-34-32-21-19-17-15-13-11-9-7-2/h8,10,14,16,20,22,24-25,52,56H,6-7,9,11-13,15,17-19,21,23,26-51H2,1-5H3/p+1/b10-8-,16-14-,22-20-,25-24-. The summed E-state index contributed by atoms with van der Waals surface area (Å²) in [6.45, 7) is 4.78. The number of hydrogen-bond acceptors (Lipinski definition) is 7. The summed E-state index contributed by atoms with van der Waals surface area (Å²) < 4.78 is 22.8. The van der Waals surface area contributed by atoms with Crippen LogP contribution >= 0.6 is 0 Å². The van der Waals surface area contributed by atoms with Crippen molar-refractivity contribution < 1.29 is 42.9 Å². The van der Waals surface area contributed by atoms with E-state index >= 15 is 0 Å². The minimum atomic E-state index is -1.51. The molecule has 0 saturated heterocycles. The molecule has 9 nitrogen and oxygen atoms in total. The van der Waals surface area contributed by atoms with Gasteiger partial charge < -0.3 is 28.5 Å². The number of aliphatic carboxylic acids is 1. The van der Waals surface area contributed by atoms with Crippen LogP contribution in [0.1, 0.15) is 232 Å². The smallest absolute Gasteiger partial charge is 0.361 e. The number of likely N-dealkylation sites (N-methyl/N-ethyl adjacent to an activating group) is 1. The Bertz CT molecular complexity index is 1210. The van der Waals surface area contributed by atoms with Gasteiger partial charge >= 0.3 is 17.9 Å². The molecule has 0 aromatic rings. The lowest BCUT2D eigenvalue weighted by Crippen LogP contribution is -2.40. The van der Waals surface area contributed by atoms with Crippen molar-refractivity contribution in [1.82, 2.24) is 0 Å². The number of ether oxygens (including phenoxy) is 4. The molecule has 0 aliphatic rings. The highest BCUT2D eigenvalue weighted by Gasteiger charge is 2.25. The van der Waals surface area contributed by atoms with E-state index in [0.29, 0.717) is 17.4 Å². The summed E-state index contributed by atoms with van der Waals surface area (Å²) in [5.74, 6) is -2.00. The highest BCUT2D eigenvalue weighted by molar-refractivity contribution is 5.71. The second-order valence-electron chi connectivity index (χ2n) is 19.2. The van der Waals surface area contributed by atoms with Crippen molar-refractivity contribution in [2.24, 2.45) is 0 Å². The largest absolute Gasteiger partial charge is 0.477 e. The Morgan fingerprint density at radius 2 is 0.877 bits per heavy atom. The number of quaternary nitrogens is 1. The second-order valence-corrected chi connectivity index (χ2v) is 19.2. The Morgan fingerprint density at radius 1 is 0.477 bits per heavy atom. The zero-order chi connectivity index (χ0) is 47.7. The number of nitrogens with zero attached hydrogens (tertiary/aromatic N) is 1. The number of rotatable bonds is 49. The molecule has 0 rings (SSSR count). The van der Waals surface area contributed by atoms with E-state index in [4.69, 9.17) is 18.9 Å². The van der Waals surface area contributed by atoms with Gasteiger partial charge in [0.1, 0.15) is 13.2 Å². The van der Waals surface area contributed by atoms with E-state index in [1.54, 1.807) is 0 Å². The van der Waals surface area contributed by atoms with Crippen LogP contribution in [0.3, 0.4) is 0 Å². The maximum atomic E-state index is 12.8. The first-order chi connectivity index (χ1) is 31.6. The Morgan fingerprint density at radius 3 is 1.31 bits per heavy atom. The molecule has 0 aliphatic heterocycles. The van der Waals surface area contributed by atoms with Crippen molar-refractivity contribution in [3.63, 3.8) is 0 Å². The first-order valence-electron chi connectivity index (χ1n) is 26.8. The molecule has 0 fully saturated rings. The molecule has 2 atom stereocenters. The molecule has 0 spiro atoms. The maximum absolute atomic E-state index is 12.8. The zero-order valence-electron chi connectivity index (χ0n) is 42.9. The fourth-order valence-electron chi connectivity index (χ4n) is 7.48. The Kier molecular flexibility index (Phi) is 45.7. The van der Waals surface area contributed by atoms with Crippen LogP contribution in [0.25, 0.3) is 0 Å². The summed E-state index contributed by atoms with van der Waals surface area (Å²) in [5.41, 5.74) is 0. The third-order valence-corrected chi connectivity index (χ3v) is 11.6. The quantitative estimate of drug-likeness (QED) is 0.0211. The number of esters is 2. The Hall–Kier alpha value is -2.75. The molecule has 0 heterocycles. The topological polar surface area (TPSA) is 108 Å². The average molecular weight is 917 g/mol. The summed E-state index contributed by atoms with van der Waals surface area (Å²) in [4.78, 5) is 37.3. The van der Waals surface area contributed by atoms with E-state index in [-0.39, 0.29) is 32.2 Å². The highest BCUT2D eigenvalue weighted by atomic mass is 16.7. The van der Waals surface area contributed by atoms with E-state index in [1.165, 1.54) is 141 Å². The fourth-order valence-corrected chi connectivity index (χ4v) is 7.48. The van der Waals surface area contributed by atoms with Crippen LogP contribution in [0.2, 0.25) is 0 Å². The first-order valence-corrected chi connectivity index (χ1v) is 26.8. The van der Waals surface area contributed by atoms with E-state index in [2.05, 4.69) is 62.5 Å². The molecule has 1 N–H and O–H groups in total. The van der Waals surface area contributed by atoms with Crippen LogP contribution in [-0.2, 0) is 33.3 Å². The molecule has 0 radical (unpaired) electrons. The van der Waals surface area contributed by atoms with Crippen molar-refractivity contribution >= 4 is 17.9 Å². The normalized spacial score (nSPS) is 13.2. The molecule has 0 bridgehead atoms. The zero-order valence-corrected chi connectivity index (χ0v) is 42.9. The van der Waals surface area contributed by atoms with Crippen molar-refractivity contribution in [3.05, 3.63) is 48.6 Å². The summed E-state index contributed by atoms with van der Waals surface area (Å²) in [5, 5.41) is 9.68. The summed E-state index contributed by atoms with van der Waals surface area (Å²) in [6.07, 6.45) is 54.6. The van der Waals surface area contributed by atoms with Crippen molar-refractivity contribution in [3.8, 4) is 0 Å². The molecule has 65 heavy (non-hydrogen) atoms. The van der Waals surface area contributed by atoms with Crippen LogP contribution in [0.4, 0.5) is 0 Å². The molecule has 0 aromatic heterocycles. The van der Waals surface area contributed by atoms with E-state index in [1.807, 2.05) is 21.1 Å². The van der Waals surface area contributed by atoms with Gasteiger partial charge in [-0.1, -0.05) is 217 Å². The van der Waals surface area contributed by atoms with E-state index in [0.717, 1.165) is 64.2 Å². The number of carboxylic acid groups (broad SMARTS) is 1. The second kappa shape index (κ2) is 47.7. The van der Waals surface area contributed by atoms with Gasteiger partial charge in [0, 0.05) is 12.8 Å². The lowest BCUT2D eigenvalue weighted by atomic mass is 10.0. The van der Waals surface area contributed by atoms with Gasteiger partial charge in [0.05, 0.1) is 34.4 Å². The lowest BCUT2D eigenvalue weighted by molar-refractivity contribution is -0.870. The first kappa shape index (κ1) is 62.2. The van der Waals surface area contributed by atoms with Gasteiger partial charge in [0.15, 0.2) is 6.10 Å². The van der Waals surface area contributed by atoms with Crippen LogP contribution in [0, 0.1) is 0 Å². The lowest BCUT2D eigenvalue weighted by Gasteiger charge is -2.25. The maximum Gasteiger partial charge on any atom is 0.361 e. The van der Waals surface area contributed by atoms with Gasteiger partial charge in [-0.25, -0.2) is 4.79 Å². The fraction of sp³-hybridized carbons (Fsp3) is 0.804. The molecule has 0 aromatic carbocycles. The van der Waals surface area contributed by atoms with Crippen LogP contribution in [0.15, 0.2) is 48.6 Å². The number of carbonyl (C=O) groups excluding carboxylic acids is 2. The molecular formula is C56H102NO8+. The molecule has 9 heteroatoms. The van der Waals surface area contributed by atoms with E-state index < -0.39 is 24.3 Å².